The van der Waals surface area contributed by atoms with Gasteiger partial charge in [-0.3, -0.25) is 4.79 Å². The first kappa shape index (κ1) is 18.6. The van der Waals surface area contributed by atoms with Gasteiger partial charge in [0, 0.05) is 12.5 Å². The van der Waals surface area contributed by atoms with Gasteiger partial charge >= 0.3 is 6.18 Å². The predicted molar refractivity (Wildman–Crippen MR) is 82.5 cm³/mol. The fourth-order valence-corrected chi connectivity index (χ4v) is 3.13. The number of methoxy groups -OCH3 is 1. The van der Waals surface area contributed by atoms with Gasteiger partial charge in [-0.1, -0.05) is 25.0 Å². The molecule has 1 fully saturated rings. The molecule has 0 heterocycles. The highest BCUT2D eigenvalue weighted by Crippen LogP contribution is 2.41. The molecule has 2 N–H and O–H groups in total. The van der Waals surface area contributed by atoms with Gasteiger partial charge in [0.15, 0.2) is 0 Å². The summed E-state index contributed by atoms with van der Waals surface area (Å²) in [6.45, 7) is -0.132. The van der Waals surface area contributed by atoms with Crippen molar-refractivity contribution >= 4 is 5.91 Å². The van der Waals surface area contributed by atoms with Crippen LogP contribution in [0.15, 0.2) is 24.3 Å². The standard InChI is InChI=1S/C17H22F3NO3/c1-24-12-6-4-5-11(9-12)15(22)10-21-16(23)13-7-2-3-8-14(13)17(18,19)20/h4-6,9,13-15,22H,2-3,7-8,10H2,1H3,(H,21,23)/t13-,14-,15+/m0/s1. The van der Waals surface area contributed by atoms with E-state index in [0.717, 1.165) is 0 Å². The molecule has 134 valence electrons. The van der Waals surface area contributed by atoms with Crippen molar-refractivity contribution in [2.45, 2.75) is 38.0 Å². The first-order valence-corrected chi connectivity index (χ1v) is 7.99. The number of hydrogen-bond acceptors (Lipinski definition) is 3. The van der Waals surface area contributed by atoms with E-state index in [1.54, 1.807) is 24.3 Å². The van der Waals surface area contributed by atoms with Gasteiger partial charge in [0.1, 0.15) is 5.75 Å². The van der Waals surface area contributed by atoms with Crippen molar-refractivity contribution in [2.75, 3.05) is 13.7 Å². The van der Waals surface area contributed by atoms with Gasteiger partial charge in [0.2, 0.25) is 5.91 Å². The number of benzene rings is 1. The molecule has 1 aliphatic rings. The lowest BCUT2D eigenvalue weighted by Crippen LogP contribution is -2.43. The summed E-state index contributed by atoms with van der Waals surface area (Å²) in [5.74, 6) is -2.75. The number of amides is 1. The molecular formula is C17H22F3NO3. The van der Waals surface area contributed by atoms with Gasteiger partial charge in [0.25, 0.3) is 0 Å². The smallest absolute Gasteiger partial charge is 0.392 e. The molecule has 0 aromatic heterocycles. The van der Waals surface area contributed by atoms with Crippen LogP contribution in [0.4, 0.5) is 13.2 Å². The summed E-state index contributed by atoms with van der Waals surface area (Å²) in [5.41, 5.74) is 0.533. The fraction of sp³-hybridized carbons (Fsp3) is 0.588. The SMILES string of the molecule is COc1cccc([C@H](O)CNC(=O)[C@H]2CCCC[C@@H]2C(F)(F)F)c1. The van der Waals surface area contributed by atoms with Crippen LogP contribution in [0.25, 0.3) is 0 Å². The van der Waals surface area contributed by atoms with Crippen LogP contribution in [0.2, 0.25) is 0 Å². The molecule has 0 bridgehead atoms. The quantitative estimate of drug-likeness (QED) is 0.861. The van der Waals surface area contributed by atoms with Crippen molar-refractivity contribution in [1.82, 2.24) is 5.32 Å². The third-order valence-electron chi connectivity index (χ3n) is 4.47. The maximum atomic E-state index is 13.1. The van der Waals surface area contributed by atoms with Crippen LogP contribution in [0.5, 0.6) is 5.75 Å². The summed E-state index contributed by atoms with van der Waals surface area (Å²) in [4.78, 5) is 12.2. The molecule has 1 aromatic carbocycles. The number of alkyl halides is 3. The van der Waals surface area contributed by atoms with Crippen LogP contribution >= 0.6 is 0 Å². The number of hydrogen-bond donors (Lipinski definition) is 2. The molecule has 24 heavy (non-hydrogen) atoms. The van der Waals surface area contributed by atoms with Crippen LogP contribution < -0.4 is 10.1 Å². The Bertz CT molecular complexity index is 562. The Kier molecular flexibility index (Phi) is 6.10. The largest absolute Gasteiger partial charge is 0.497 e. The maximum absolute atomic E-state index is 13.1. The number of aliphatic hydroxyl groups is 1. The summed E-state index contributed by atoms with van der Waals surface area (Å²) < 4.78 is 44.2. The number of halogens is 3. The molecule has 1 saturated carbocycles. The lowest BCUT2D eigenvalue weighted by Gasteiger charge is -2.32. The summed E-state index contributed by atoms with van der Waals surface area (Å²) in [7, 11) is 1.49. The van der Waals surface area contributed by atoms with Gasteiger partial charge in [-0.25, -0.2) is 0 Å². The van der Waals surface area contributed by atoms with E-state index in [1.165, 1.54) is 7.11 Å². The van der Waals surface area contributed by atoms with Crippen LogP contribution in [0, 0.1) is 11.8 Å². The van der Waals surface area contributed by atoms with E-state index in [4.69, 9.17) is 4.74 Å². The van der Waals surface area contributed by atoms with Crippen LogP contribution in [-0.2, 0) is 4.79 Å². The summed E-state index contributed by atoms with van der Waals surface area (Å²) in [6.07, 6.45) is -4.06. The molecule has 2 rings (SSSR count). The molecule has 1 amide bonds. The normalized spacial score (nSPS) is 22.7. The van der Waals surface area contributed by atoms with Gasteiger partial charge in [0.05, 0.1) is 19.1 Å². The van der Waals surface area contributed by atoms with Gasteiger partial charge in [-0.05, 0) is 30.5 Å². The molecule has 1 aromatic rings. The van der Waals surface area contributed by atoms with E-state index in [0.29, 0.717) is 24.2 Å². The molecule has 0 spiro atoms. The average molecular weight is 345 g/mol. The van der Waals surface area contributed by atoms with Gasteiger partial charge in [-0.2, -0.15) is 13.2 Å². The number of nitrogens with one attached hydrogen (secondary N) is 1. The van der Waals surface area contributed by atoms with Crippen molar-refractivity contribution in [1.29, 1.82) is 0 Å². The zero-order valence-electron chi connectivity index (χ0n) is 13.5. The highest BCUT2D eigenvalue weighted by atomic mass is 19.4. The van der Waals surface area contributed by atoms with Gasteiger partial charge in [-0.15, -0.1) is 0 Å². The Morgan fingerprint density at radius 1 is 1.38 bits per heavy atom. The monoisotopic (exact) mass is 345 g/mol. The second-order valence-corrected chi connectivity index (χ2v) is 6.08. The van der Waals surface area contributed by atoms with E-state index in [-0.39, 0.29) is 19.4 Å². The third-order valence-corrected chi connectivity index (χ3v) is 4.47. The topological polar surface area (TPSA) is 58.6 Å². The molecule has 7 heteroatoms. The Morgan fingerprint density at radius 3 is 2.75 bits per heavy atom. The summed E-state index contributed by atoms with van der Waals surface area (Å²) in [6, 6.07) is 6.69. The lowest BCUT2D eigenvalue weighted by molar-refractivity contribution is -0.198. The zero-order valence-corrected chi connectivity index (χ0v) is 13.5. The summed E-state index contributed by atoms with van der Waals surface area (Å²) in [5, 5.41) is 12.6. The number of rotatable bonds is 5. The number of ether oxygens (including phenoxy) is 1. The van der Waals surface area contributed by atoms with E-state index in [2.05, 4.69) is 5.32 Å². The second kappa shape index (κ2) is 7.88. The average Bonchev–Trinajstić information content (AvgIpc) is 2.58. The zero-order chi connectivity index (χ0) is 17.7. The Labute approximate surface area is 139 Å². The maximum Gasteiger partial charge on any atom is 0.392 e. The van der Waals surface area contributed by atoms with Crippen molar-refractivity contribution in [2.24, 2.45) is 11.8 Å². The molecule has 0 aliphatic heterocycles. The Morgan fingerprint density at radius 2 is 2.08 bits per heavy atom. The number of carbonyl (C=O) groups is 1. The molecule has 4 nitrogen and oxygen atoms in total. The van der Waals surface area contributed by atoms with Crippen molar-refractivity contribution < 1.29 is 27.8 Å². The highest BCUT2D eigenvalue weighted by Gasteiger charge is 2.47. The van der Waals surface area contributed by atoms with Gasteiger partial charge < -0.3 is 15.2 Å². The van der Waals surface area contributed by atoms with Crippen LogP contribution in [0.3, 0.4) is 0 Å². The van der Waals surface area contributed by atoms with Crippen LogP contribution in [0.1, 0.15) is 37.4 Å². The molecule has 0 radical (unpaired) electrons. The number of aliphatic hydroxyl groups excluding tert-OH is 1. The molecular weight excluding hydrogens is 323 g/mol. The van der Waals surface area contributed by atoms with Crippen molar-refractivity contribution in [3.63, 3.8) is 0 Å². The minimum atomic E-state index is -4.37. The Balaban J connectivity index is 1.96. The molecule has 0 saturated heterocycles. The van der Waals surface area contributed by atoms with E-state index < -0.39 is 30.0 Å². The van der Waals surface area contributed by atoms with E-state index in [9.17, 15) is 23.1 Å². The first-order chi connectivity index (χ1) is 11.3. The second-order valence-electron chi connectivity index (χ2n) is 6.08. The third kappa shape index (κ3) is 4.63. The van der Waals surface area contributed by atoms with Crippen LogP contribution in [-0.4, -0.2) is 30.8 Å². The van der Waals surface area contributed by atoms with Crippen molar-refractivity contribution in [3.05, 3.63) is 29.8 Å². The minimum absolute atomic E-state index is 0.0139. The highest BCUT2D eigenvalue weighted by molar-refractivity contribution is 5.79. The number of carbonyl (C=O) groups excluding carboxylic acids is 1. The minimum Gasteiger partial charge on any atom is -0.497 e. The predicted octanol–water partition coefficient (Wildman–Crippen LogP) is 3.21. The van der Waals surface area contributed by atoms with Crippen molar-refractivity contribution in [3.8, 4) is 5.75 Å². The van der Waals surface area contributed by atoms with E-state index in [1.807, 2.05) is 0 Å². The molecule has 3 atom stereocenters. The summed E-state index contributed by atoms with van der Waals surface area (Å²) >= 11 is 0. The first-order valence-electron chi connectivity index (χ1n) is 7.99. The Hall–Kier alpha value is -1.76. The fourth-order valence-electron chi connectivity index (χ4n) is 3.13. The molecule has 0 unspecified atom stereocenters. The lowest BCUT2D eigenvalue weighted by atomic mass is 9.78. The van der Waals surface area contributed by atoms with E-state index >= 15 is 0 Å². The molecule has 1 aliphatic carbocycles.